The Bertz CT molecular complexity index is 689. The van der Waals surface area contributed by atoms with Crippen molar-refractivity contribution in [2.24, 2.45) is 4.99 Å². The molecule has 1 aromatic carbocycles. The van der Waals surface area contributed by atoms with Crippen molar-refractivity contribution in [2.45, 2.75) is 33.3 Å². The van der Waals surface area contributed by atoms with Crippen LogP contribution in [0, 0.1) is 12.7 Å². The molecule has 1 unspecified atom stereocenters. The average molecular weight is 349 g/mol. The van der Waals surface area contributed by atoms with E-state index in [1.807, 2.05) is 13.8 Å². The van der Waals surface area contributed by atoms with E-state index in [9.17, 15) is 4.39 Å². The van der Waals surface area contributed by atoms with Crippen LogP contribution in [0.5, 0.6) is 5.75 Å². The molecule has 2 rings (SSSR count). The summed E-state index contributed by atoms with van der Waals surface area (Å²) in [6.45, 7) is 7.34. The summed E-state index contributed by atoms with van der Waals surface area (Å²) in [6.07, 6.45) is 0.345. The maximum absolute atomic E-state index is 13.6. The van der Waals surface area contributed by atoms with Crippen molar-refractivity contribution in [3.8, 4) is 5.75 Å². The van der Waals surface area contributed by atoms with E-state index in [1.165, 1.54) is 6.07 Å². The van der Waals surface area contributed by atoms with Gasteiger partial charge in [-0.25, -0.2) is 9.38 Å². The molecule has 0 fully saturated rings. The first-order valence-corrected chi connectivity index (χ1v) is 8.31. The Hall–Kier alpha value is -2.64. The first kappa shape index (κ1) is 18.7. The third-order valence-corrected chi connectivity index (χ3v) is 3.22. The molecule has 1 aromatic heterocycles. The van der Waals surface area contributed by atoms with Gasteiger partial charge in [0.1, 0.15) is 6.10 Å². The molecule has 0 spiro atoms. The highest BCUT2D eigenvalue weighted by molar-refractivity contribution is 5.79. The molecule has 0 aliphatic heterocycles. The molecular weight excluding hydrogens is 325 g/mol. The van der Waals surface area contributed by atoms with Crippen LogP contribution in [0.3, 0.4) is 0 Å². The zero-order chi connectivity index (χ0) is 18.1. The van der Waals surface area contributed by atoms with Gasteiger partial charge < -0.3 is 19.9 Å². The molecule has 0 radical (unpaired) electrons. The highest BCUT2D eigenvalue weighted by Gasteiger charge is 2.08. The molecule has 25 heavy (non-hydrogen) atoms. The van der Waals surface area contributed by atoms with Gasteiger partial charge in [0.05, 0.1) is 6.54 Å². The van der Waals surface area contributed by atoms with Gasteiger partial charge in [-0.2, -0.15) is 4.98 Å². The number of guanidine groups is 1. The fraction of sp³-hybridized carbons (Fsp3) is 0.471. The van der Waals surface area contributed by atoms with Gasteiger partial charge in [0, 0.05) is 19.5 Å². The first-order valence-electron chi connectivity index (χ1n) is 8.31. The summed E-state index contributed by atoms with van der Waals surface area (Å²) in [7, 11) is 0. The normalized spacial score (nSPS) is 12.7. The Morgan fingerprint density at radius 3 is 2.84 bits per heavy atom. The van der Waals surface area contributed by atoms with Gasteiger partial charge in [0.25, 0.3) is 0 Å². The summed E-state index contributed by atoms with van der Waals surface area (Å²) in [4.78, 5) is 8.61. The lowest BCUT2D eigenvalue weighted by Crippen LogP contribution is -2.39. The van der Waals surface area contributed by atoms with Crippen LogP contribution in [0.25, 0.3) is 0 Å². The van der Waals surface area contributed by atoms with E-state index in [0.717, 1.165) is 6.54 Å². The van der Waals surface area contributed by atoms with Gasteiger partial charge in [-0.05, 0) is 32.9 Å². The topological polar surface area (TPSA) is 84.6 Å². The van der Waals surface area contributed by atoms with Gasteiger partial charge in [0.15, 0.2) is 23.4 Å². The number of nitrogens with one attached hydrogen (secondary N) is 2. The van der Waals surface area contributed by atoms with E-state index in [1.54, 1.807) is 25.1 Å². The Kier molecular flexibility index (Phi) is 7.18. The van der Waals surface area contributed by atoms with Crippen LogP contribution in [0.2, 0.25) is 0 Å². The molecule has 1 atom stereocenters. The number of rotatable bonds is 8. The summed E-state index contributed by atoms with van der Waals surface area (Å²) in [6, 6.07) is 6.34. The summed E-state index contributed by atoms with van der Waals surface area (Å²) in [5, 5.41) is 10.1. The number of para-hydroxylation sites is 1. The quantitative estimate of drug-likeness (QED) is 0.561. The number of aryl methyl sites for hydroxylation is 1. The van der Waals surface area contributed by atoms with Crippen molar-refractivity contribution in [2.75, 3.05) is 19.6 Å². The molecule has 8 heteroatoms. The van der Waals surface area contributed by atoms with E-state index >= 15 is 0 Å². The highest BCUT2D eigenvalue weighted by Crippen LogP contribution is 2.16. The summed E-state index contributed by atoms with van der Waals surface area (Å²) in [5.41, 5.74) is 0. The molecule has 2 N–H and O–H groups in total. The number of hydrogen-bond acceptors (Lipinski definition) is 5. The standard InChI is InChI=1S/C17H24FN5O2/c1-4-19-17(20-10-9-16-22-13(3)23-25-16)21-11-12(2)24-15-8-6-5-7-14(15)18/h5-8,12H,4,9-11H2,1-3H3,(H2,19,20,21). The zero-order valence-corrected chi connectivity index (χ0v) is 14.8. The lowest BCUT2D eigenvalue weighted by atomic mass is 10.3. The lowest BCUT2D eigenvalue weighted by Gasteiger charge is -2.15. The second kappa shape index (κ2) is 9.61. The molecule has 0 aliphatic rings. The molecule has 7 nitrogen and oxygen atoms in total. The second-order valence-electron chi connectivity index (χ2n) is 5.49. The second-order valence-corrected chi connectivity index (χ2v) is 5.49. The number of nitrogens with zero attached hydrogens (tertiary/aromatic N) is 3. The molecule has 0 saturated carbocycles. The Balaban J connectivity index is 1.82. The molecule has 136 valence electrons. The molecule has 0 bridgehead atoms. The highest BCUT2D eigenvalue weighted by atomic mass is 19.1. The minimum absolute atomic E-state index is 0.231. The molecule has 0 saturated heterocycles. The molecular formula is C17H24FN5O2. The predicted molar refractivity (Wildman–Crippen MR) is 93.2 cm³/mol. The lowest BCUT2D eigenvalue weighted by molar-refractivity contribution is 0.220. The van der Waals surface area contributed by atoms with E-state index < -0.39 is 0 Å². The number of aliphatic imine (C=N–C) groups is 1. The molecule has 0 amide bonds. The van der Waals surface area contributed by atoms with Crippen LogP contribution in [-0.2, 0) is 6.42 Å². The minimum Gasteiger partial charge on any atom is -0.486 e. The van der Waals surface area contributed by atoms with Crippen LogP contribution < -0.4 is 15.4 Å². The smallest absolute Gasteiger partial charge is 0.228 e. The van der Waals surface area contributed by atoms with Crippen LogP contribution in [0.1, 0.15) is 25.6 Å². The molecule has 1 heterocycles. The fourth-order valence-corrected chi connectivity index (χ4v) is 2.09. The Labute approximate surface area is 146 Å². The summed E-state index contributed by atoms with van der Waals surface area (Å²) < 4.78 is 24.2. The largest absolute Gasteiger partial charge is 0.486 e. The van der Waals surface area contributed by atoms with E-state index in [2.05, 4.69) is 25.8 Å². The van der Waals surface area contributed by atoms with Gasteiger partial charge >= 0.3 is 0 Å². The number of halogens is 1. The van der Waals surface area contributed by atoms with Crippen LogP contribution in [0.4, 0.5) is 4.39 Å². The SMILES string of the molecule is CCNC(=NCC(C)Oc1ccccc1F)NCCc1nc(C)no1. The molecule has 0 aliphatic carbocycles. The number of benzene rings is 1. The van der Waals surface area contributed by atoms with E-state index in [-0.39, 0.29) is 17.7 Å². The van der Waals surface area contributed by atoms with E-state index in [0.29, 0.717) is 37.2 Å². The minimum atomic E-state index is -0.377. The zero-order valence-electron chi connectivity index (χ0n) is 14.8. The van der Waals surface area contributed by atoms with Crippen LogP contribution in [0.15, 0.2) is 33.8 Å². The number of hydrogen-bond donors (Lipinski definition) is 2. The number of aromatic nitrogens is 2. The van der Waals surface area contributed by atoms with E-state index in [4.69, 9.17) is 9.26 Å². The van der Waals surface area contributed by atoms with Crippen molar-refractivity contribution in [3.63, 3.8) is 0 Å². The third kappa shape index (κ3) is 6.40. The fourth-order valence-electron chi connectivity index (χ4n) is 2.09. The van der Waals surface area contributed by atoms with Gasteiger partial charge in [-0.3, -0.25) is 0 Å². The van der Waals surface area contributed by atoms with Crippen molar-refractivity contribution in [3.05, 3.63) is 41.8 Å². The Morgan fingerprint density at radius 2 is 2.16 bits per heavy atom. The van der Waals surface area contributed by atoms with Gasteiger partial charge in [-0.1, -0.05) is 17.3 Å². The van der Waals surface area contributed by atoms with Crippen molar-refractivity contribution >= 4 is 5.96 Å². The maximum atomic E-state index is 13.6. The summed E-state index contributed by atoms with van der Waals surface area (Å²) >= 11 is 0. The summed E-state index contributed by atoms with van der Waals surface area (Å²) in [5.74, 6) is 1.71. The maximum Gasteiger partial charge on any atom is 0.228 e. The van der Waals surface area contributed by atoms with Crippen molar-refractivity contribution in [1.82, 2.24) is 20.8 Å². The predicted octanol–water partition coefficient (Wildman–Crippen LogP) is 2.08. The first-order chi connectivity index (χ1) is 12.1. The van der Waals surface area contributed by atoms with Gasteiger partial charge in [-0.15, -0.1) is 0 Å². The molecule has 2 aromatic rings. The van der Waals surface area contributed by atoms with Crippen LogP contribution in [-0.4, -0.2) is 41.8 Å². The van der Waals surface area contributed by atoms with Crippen LogP contribution >= 0.6 is 0 Å². The van der Waals surface area contributed by atoms with Crippen molar-refractivity contribution < 1.29 is 13.7 Å². The third-order valence-electron chi connectivity index (χ3n) is 3.22. The van der Waals surface area contributed by atoms with Crippen molar-refractivity contribution in [1.29, 1.82) is 0 Å². The Morgan fingerprint density at radius 1 is 1.36 bits per heavy atom. The average Bonchev–Trinajstić information content (AvgIpc) is 3.00. The monoisotopic (exact) mass is 349 g/mol. The van der Waals surface area contributed by atoms with Gasteiger partial charge in [0.2, 0.25) is 5.89 Å². The number of ether oxygens (including phenoxy) is 1.